The van der Waals surface area contributed by atoms with E-state index in [0.717, 1.165) is 32.6 Å². The van der Waals surface area contributed by atoms with E-state index < -0.39 is 0 Å². The number of unbranched alkanes of at least 4 members (excludes halogenated alkanes) is 1. The largest absolute Gasteiger partial charge is 0.380 e. The van der Waals surface area contributed by atoms with Gasteiger partial charge in [-0.1, -0.05) is 41.0 Å². The molecule has 2 saturated heterocycles. The molecule has 0 bridgehead atoms. The molecule has 4 nitrogen and oxygen atoms in total. The monoisotopic (exact) mass is 455 g/mol. The zero-order chi connectivity index (χ0) is 23.6. The van der Waals surface area contributed by atoms with E-state index in [0.29, 0.717) is 22.9 Å². The first-order chi connectivity index (χ1) is 15.7. The van der Waals surface area contributed by atoms with Gasteiger partial charge in [0.05, 0.1) is 6.10 Å². The van der Waals surface area contributed by atoms with E-state index in [9.17, 15) is 0 Å². The molecule has 2 aliphatic heterocycles. The van der Waals surface area contributed by atoms with Gasteiger partial charge in [0.2, 0.25) is 0 Å². The van der Waals surface area contributed by atoms with Gasteiger partial charge >= 0.3 is 0 Å². The van der Waals surface area contributed by atoms with Crippen molar-refractivity contribution in [2.75, 3.05) is 62.7 Å². The van der Waals surface area contributed by atoms with Crippen LogP contribution in [-0.4, -0.2) is 63.9 Å². The molecule has 1 aromatic carbocycles. The molecule has 1 atom stereocenters. The van der Waals surface area contributed by atoms with Crippen molar-refractivity contribution in [1.29, 1.82) is 0 Å². The quantitative estimate of drug-likeness (QED) is 0.490. The van der Waals surface area contributed by atoms with Gasteiger partial charge in [-0.05, 0) is 79.2 Å². The zero-order valence-electron chi connectivity index (χ0n) is 22.3. The van der Waals surface area contributed by atoms with Crippen LogP contribution in [0.4, 0.5) is 11.4 Å². The van der Waals surface area contributed by atoms with Crippen molar-refractivity contribution >= 4 is 11.4 Å². The highest BCUT2D eigenvalue weighted by Gasteiger charge is 2.40. The van der Waals surface area contributed by atoms with E-state index in [1.54, 1.807) is 5.56 Å². The smallest absolute Gasteiger partial charge is 0.0762 e. The molecule has 4 heteroatoms. The number of hydrogen-bond donors (Lipinski definition) is 0. The SMILES string of the molecule is CCCCN1CCN(c2ccc(N3CCC(OC)C3)cc2C2CC(C)(C)CC(C)(C)C2)CC1. The van der Waals surface area contributed by atoms with Gasteiger partial charge in [0.1, 0.15) is 0 Å². The summed E-state index contributed by atoms with van der Waals surface area (Å²) in [5, 5.41) is 0. The fourth-order valence-corrected chi connectivity index (χ4v) is 7.17. The van der Waals surface area contributed by atoms with Gasteiger partial charge in [-0.15, -0.1) is 0 Å². The summed E-state index contributed by atoms with van der Waals surface area (Å²) in [6.45, 7) is 20.3. The Balaban J connectivity index is 1.61. The van der Waals surface area contributed by atoms with Gasteiger partial charge in [0.15, 0.2) is 0 Å². The van der Waals surface area contributed by atoms with Crippen molar-refractivity contribution in [3.05, 3.63) is 23.8 Å². The fraction of sp³-hybridized carbons (Fsp3) is 0.793. The number of methoxy groups -OCH3 is 1. The van der Waals surface area contributed by atoms with Crippen LogP contribution in [0.15, 0.2) is 18.2 Å². The van der Waals surface area contributed by atoms with E-state index in [2.05, 4.69) is 67.5 Å². The van der Waals surface area contributed by atoms with Crippen molar-refractivity contribution in [2.24, 2.45) is 10.8 Å². The van der Waals surface area contributed by atoms with Crippen LogP contribution in [0.3, 0.4) is 0 Å². The molecule has 186 valence electrons. The topological polar surface area (TPSA) is 19.0 Å². The van der Waals surface area contributed by atoms with Crippen LogP contribution in [0.5, 0.6) is 0 Å². The number of anilines is 2. The summed E-state index contributed by atoms with van der Waals surface area (Å²) in [5.41, 5.74) is 5.31. The van der Waals surface area contributed by atoms with Gasteiger partial charge < -0.3 is 14.5 Å². The molecule has 3 aliphatic rings. The predicted octanol–water partition coefficient (Wildman–Crippen LogP) is 6.15. The summed E-state index contributed by atoms with van der Waals surface area (Å²) in [6.07, 6.45) is 8.04. The van der Waals surface area contributed by atoms with Gasteiger partial charge in [-0.2, -0.15) is 0 Å². The second-order valence-electron chi connectivity index (χ2n) is 12.6. The maximum atomic E-state index is 5.67. The molecule has 0 amide bonds. The van der Waals surface area contributed by atoms with Gasteiger partial charge in [0.25, 0.3) is 0 Å². The first-order valence-electron chi connectivity index (χ1n) is 13.6. The summed E-state index contributed by atoms with van der Waals surface area (Å²) >= 11 is 0. The predicted molar refractivity (Wildman–Crippen MR) is 142 cm³/mol. The maximum absolute atomic E-state index is 5.67. The molecule has 0 radical (unpaired) electrons. The van der Waals surface area contributed by atoms with Crippen LogP contribution in [0.25, 0.3) is 0 Å². The first kappa shape index (κ1) is 24.9. The number of nitrogens with zero attached hydrogens (tertiary/aromatic N) is 3. The van der Waals surface area contributed by atoms with Crippen LogP contribution >= 0.6 is 0 Å². The number of ether oxygens (including phenoxy) is 1. The third kappa shape index (κ3) is 6.06. The molecule has 1 saturated carbocycles. The highest BCUT2D eigenvalue weighted by atomic mass is 16.5. The van der Waals surface area contributed by atoms with Crippen molar-refractivity contribution in [1.82, 2.24) is 4.90 Å². The molecule has 1 aliphatic carbocycles. The maximum Gasteiger partial charge on any atom is 0.0762 e. The average molecular weight is 456 g/mol. The van der Waals surface area contributed by atoms with Gasteiger partial charge in [-0.3, -0.25) is 4.90 Å². The van der Waals surface area contributed by atoms with Crippen molar-refractivity contribution in [3.63, 3.8) is 0 Å². The Bertz CT molecular complexity index is 765. The zero-order valence-corrected chi connectivity index (χ0v) is 22.3. The van der Waals surface area contributed by atoms with Crippen LogP contribution < -0.4 is 9.80 Å². The molecule has 0 aromatic heterocycles. The molecule has 3 fully saturated rings. The van der Waals surface area contributed by atoms with Crippen LogP contribution in [0, 0.1) is 10.8 Å². The Hall–Kier alpha value is -1.26. The highest BCUT2D eigenvalue weighted by molar-refractivity contribution is 5.64. The van der Waals surface area contributed by atoms with Crippen molar-refractivity contribution < 1.29 is 4.74 Å². The third-order valence-electron chi connectivity index (χ3n) is 8.39. The summed E-state index contributed by atoms with van der Waals surface area (Å²) in [5.74, 6) is 0.637. The lowest BCUT2D eigenvalue weighted by atomic mass is 9.60. The van der Waals surface area contributed by atoms with E-state index in [-0.39, 0.29) is 0 Å². The number of benzene rings is 1. The lowest BCUT2D eigenvalue weighted by Gasteiger charge is -2.46. The summed E-state index contributed by atoms with van der Waals surface area (Å²) in [7, 11) is 1.86. The third-order valence-corrected chi connectivity index (χ3v) is 8.39. The van der Waals surface area contributed by atoms with Gasteiger partial charge in [-0.25, -0.2) is 0 Å². The van der Waals surface area contributed by atoms with Crippen LogP contribution in [-0.2, 0) is 4.74 Å². The van der Waals surface area contributed by atoms with E-state index in [1.165, 1.54) is 63.1 Å². The molecule has 1 unspecified atom stereocenters. The molecule has 33 heavy (non-hydrogen) atoms. The Morgan fingerprint density at radius 2 is 1.64 bits per heavy atom. The fourth-order valence-electron chi connectivity index (χ4n) is 7.17. The molecular formula is C29H49N3O. The Kier molecular flexibility index (Phi) is 7.65. The normalized spacial score (nSPS) is 26.2. The second-order valence-corrected chi connectivity index (χ2v) is 12.6. The number of rotatable bonds is 7. The standard InChI is InChI=1S/C29H49N3O/c1-7-8-12-30-14-16-31(17-15-30)27-10-9-24(32-13-11-25(21-32)33-6)18-26(27)23-19-28(2,3)22-29(4,5)20-23/h9-10,18,23,25H,7-8,11-17,19-22H2,1-6H3. The lowest BCUT2D eigenvalue weighted by Crippen LogP contribution is -2.47. The van der Waals surface area contributed by atoms with Crippen LogP contribution in [0.1, 0.15) is 84.6 Å². The molecule has 2 heterocycles. The molecule has 4 rings (SSSR count). The van der Waals surface area contributed by atoms with Crippen molar-refractivity contribution in [3.8, 4) is 0 Å². The summed E-state index contributed by atoms with van der Waals surface area (Å²) < 4.78 is 5.67. The Morgan fingerprint density at radius 1 is 0.939 bits per heavy atom. The molecule has 0 spiro atoms. The Morgan fingerprint density at radius 3 is 2.24 bits per heavy atom. The highest BCUT2D eigenvalue weighted by Crippen LogP contribution is 2.53. The molecule has 0 N–H and O–H groups in total. The molecular weight excluding hydrogens is 406 g/mol. The lowest BCUT2D eigenvalue weighted by molar-refractivity contribution is 0.0970. The van der Waals surface area contributed by atoms with Crippen molar-refractivity contribution in [2.45, 2.75) is 85.2 Å². The minimum absolute atomic E-state index is 0.372. The number of hydrogen-bond acceptors (Lipinski definition) is 4. The summed E-state index contributed by atoms with van der Waals surface area (Å²) in [6, 6.07) is 7.42. The van der Waals surface area contributed by atoms with E-state index in [1.807, 2.05) is 7.11 Å². The average Bonchev–Trinajstić information content (AvgIpc) is 3.25. The van der Waals surface area contributed by atoms with Crippen LogP contribution in [0.2, 0.25) is 0 Å². The number of piperazine rings is 1. The summed E-state index contributed by atoms with van der Waals surface area (Å²) in [4.78, 5) is 7.90. The first-order valence-corrected chi connectivity index (χ1v) is 13.6. The Labute approximate surface area is 203 Å². The molecule has 1 aromatic rings. The minimum Gasteiger partial charge on any atom is -0.380 e. The minimum atomic E-state index is 0.372. The van der Waals surface area contributed by atoms with E-state index in [4.69, 9.17) is 4.74 Å². The second kappa shape index (κ2) is 10.2. The van der Waals surface area contributed by atoms with E-state index >= 15 is 0 Å². The van der Waals surface area contributed by atoms with Gasteiger partial charge in [0, 0.05) is 57.8 Å².